The Labute approximate surface area is 249 Å². The number of hydrogen-bond acceptors (Lipinski definition) is 7. The zero-order chi connectivity index (χ0) is 29.1. The van der Waals surface area contributed by atoms with Gasteiger partial charge in [-0.15, -0.1) is 0 Å². The summed E-state index contributed by atoms with van der Waals surface area (Å²) in [7, 11) is -1.49. The van der Waals surface area contributed by atoms with Crippen LogP contribution < -0.4 is 0 Å². The molecular formula is C30H42ClN5O4S. The van der Waals surface area contributed by atoms with Crippen LogP contribution in [0.4, 0.5) is 0 Å². The molecule has 41 heavy (non-hydrogen) atoms. The van der Waals surface area contributed by atoms with E-state index in [2.05, 4.69) is 14.9 Å². The van der Waals surface area contributed by atoms with E-state index in [4.69, 9.17) is 16.3 Å². The highest BCUT2D eigenvalue weighted by Gasteiger charge is 2.33. The maximum absolute atomic E-state index is 13.5. The Hall–Kier alpha value is -2.11. The summed E-state index contributed by atoms with van der Waals surface area (Å²) >= 11 is 6.03. The summed E-state index contributed by atoms with van der Waals surface area (Å²) in [6.07, 6.45) is 10.2. The molecule has 0 spiro atoms. The van der Waals surface area contributed by atoms with Gasteiger partial charge < -0.3 is 14.5 Å². The van der Waals surface area contributed by atoms with Crippen molar-refractivity contribution in [2.45, 2.75) is 82.6 Å². The van der Waals surface area contributed by atoms with E-state index in [9.17, 15) is 13.2 Å². The van der Waals surface area contributed by atoms with Crippen molar-refractivity contribution in [2.75, 3.05) is 39.5 Å². The van der Waals surface area contributed by atoms with Gasteiger partial charge in [-0.2, -0.15) is 0 Å². The average molecular weight is 604 g/mol. The summed E-state index contributed by atoms with van der Waals surface area (Å²) in [5, 5.41) is 0.731. The topological polar surface area (TPSA) is 95.9 Å². The number of carbonyl (C=O) groups excluding carboxylic acids is 1. The van der Waals surface area contributed by atoms with Crippen molar-refractivity contribution in [3.8, 4) is 0 Å². The predicted molar refractivity (Wildman–Crippen MR) is 160 cm³/mol. The number of nitrogens with zero attached hydrogens (tertiary/aromatic N) is 5. The second-order valence-corrected chi connectivity index (χ2v) is 14.3. The fourth-order valence-electron chi connectivity index (χ4n) is 6.56. The highest BCUT2D eigenvalue weighted by atomic mass is 35.5. The van der Waals surface area contributed by atoms with Crippen LogP contribution in [0.25, 0.3) is 0 Å². The lowest BCUT2D eigenvalue weighted by Crippen LogP contribution is -2.52. The molecule has 0 aliphatic carbocycles. The normalized spacial score (nSPS) is 23.4. The molecule has 3 saturated heterocycles. The first-order valence-corrected chi connectivity index (χ1v) is 17.0. The number of aromatic nitrogens is 2. The smallest absolute Gasteiger partial charge is 0.272 e. The second-order valence-electron chi connectivity index (χ2n) is 11.8. The van der Waals surface area contributed by atoms with E-state index in [1.165, 1.54) is 16.9 Å². The minimum atomic E-state index is -3.17. The molecule has 9 nitrogen and oxygen atoms in total. The summed E-state index contributed by atoms with van der Waals surface area (Å²) in [5.74, 6) is -0.0157. The zero-order valence-corrected chi connectivity index (χ0v) is 25.9. The fourth-order valence-corrected chi connectivity index (χ4v) is 7.44. The van der Waals surface area contributed by atoms with E-state index in [1.54, 1.807) is 7.05 Å². The number of aryl methyl sites for hydroxylation is 1. The Kier molecular flexibility index (Phi) is 9.65. The molecule has 5 rings (SSSR count). The molecule has 2 aromatic rings. The van der Waals surface area contributed by atoms with Gasteiger partial charge in [-0.05, 0) is 89.1 Å². The Morgan fingerprint density at radius 3 is 2.37 bits per heavy atom. The van der Waals surface area contributed by atoms with E-state index < -0.39 is 10.0 Å². The van der Waals surface area contributed by atoms with E-state index in [0.717, 1.165) is 86.3 Å². The molecule has 1 amide bonds. The molecule has 11 heteroatoms. The van der Waals surface area contributed by atoms with Gasteiger partial charge in [0.05, 0.1) is 18.5 Å². The van der Waals surface area contributed by atoms with E-state index in [1.807, 2.05) is 36.1 Å². The van der Waals surface area contributed by atoms with Crippen LogP contribution in [0.15, 0.2) is 30.6 Å². The van der Waals surface area contributed by atoms with E-state index >= 15 is 0 Å². The molecule has 3 fully saturated rings. The fraction of sp³-hybridized carbons (Fsp3) is 0.633. The lowest BCUT2D eigenvalue weighted by Gasteiger charge is -2.43. The number of ether oxygens (including phenoxy) is 1. The van der Waals surface area contributed by atoms with Crippen molar-refractivity contribution in [3.63, 3.8) is 0 Å². The molecule has 2 unspecified atom stereocenters. The maximum atomic E-state index is 13.5. The minimum absolute atomic E-state index is 0.0157. The summed E-state index contributed by atoms with van der Waals surface area (Å²) in [6.45, 7) is 5.14. The van der Waals surface area contributed by atoms with Gasteiger partial charge in [0.15, 0.2) is 0 Å². The van der Waals surface area contributed by atoms with Gasteiger partial charge in [0.1, 0.15) is 12.0 Å². The van der Waals surface area contributed by atoms with Crippen LogP contribution in [-0.4, -0.2) is 96.1 Å². The van der Waals surface area contributed by atoms with Gasteiger partial charge >= 0.3 is 0 Å². The number of hydrogen-bond donors (Lipinski definition) is 0. The van der Waals surface area contributed by atoms with Crippen molar-refractivity contribution >= 4 is 27.5 Å². The molecule has 4 heterocycles. The van der Waals surface area contributed by atoms with Crippen LogP contribution in [0, 0.1) is 6.92 Å². The van der Waals surface area contributed by atoms with Gasteiger partial charge in [0.25, 0.3) is 5.91 Å². The van der Waals surface area contributed by atoms with Crippen molar-refractivity contribution in [3.05, 3.63) is 58.1 Å². The minimum Gasteiger partial charge on any atom is -0.370 e. The Morgan fingerprint density at radius 1 is 1.02 bits per heavy atom. The van der Waals surface area contributed by atoms with Gasteiger partial charge in [-0.3, -0.25) is 4.79 Å². The number of carbonyl (C=O) groups is 1. The third-order valence-electron chi connectivity index (χ3n) is 9.25. The van der Waals surface area contributed by atoms with Gasteiger partial charge in [0.2, 0.25) is 10.0 Å². The van der Waals surface area contributed by atoms with E-state index in [0.29, 0.717) is 24.8 Å². The van der Waals surface area contributed by atoms with Crippen LogP contribution in [0.5, 0.6) is 0 Å². The number of rotatable bonds is 8. The first-order chi connectivity index (χ1) is 19.6. The molecule has 1 aromatic carbocycles. The number of benzene rings is 1. The SMILES string of the molecule is Cc1c(CCC2CCC(c3ccc(Cl)cc3)O2)ncnc1C(=O)N1CCC(N2CCC(N(C)S(C)(=O)=O)CC2)CC1. The molecule has 3 aliphatic rings. The first-order valence-electron chi connectivity index (χ1n) is 14.8. The quantitative estimate of drug-likeness (QED) is 0.445. The monoisotopic (exact) mass is 603 g/mol. The Bertz CT molecular complexity index is 1310. The predicted octanol–water partition coefficient (Wildman–Crippen LogP) is 4.25. The van der Waals surface area contributed by atoms with E-state index in [-0.39, 0.29) is 24.2 Å². The van der Waals surface area contributed by atoms with Gasteiger partial charge in [-0.1, -0.05) is 23.7 Å². The molecule has 2 atom stereocenters. The number of likely N-dealkylation sites (tertiary alicyclic amines) is 2. The van der Waals surface area contributed by atoms with Crippen LogP contribution in [0.1, 0.15) is 78.4 Å². The van der Waals surface area contributed by atoms with Crippen molar-refractivity contribution < 1.29 is 17.9 Å². The van der Waals surface area contributed by atoms with Crippen LogP contribution in [0.3, 0.4) is 0 Å². The summed E-state index contributed by atoms with van der Waals surface area (Å²) < 4.78 is 31.6. The second kappa shape index (κ2) is 13.0. The van der Waals surface area contributed by atoms with Crippen LogP contribution >= 0.6 is 11.6 Å². The molecule has 0 saturated carbocycles. The molecule has 0 N–H and O–H groups in total. The highest BCUT2D eigenvalue weighted by Crippen LogP contribution is 2.35. The Balaban J connectivity index is 1.10. The summed E-state index contributed by atoms with van der Waals surface area (Å²) in [4.78, 5) is 26.8. The molecule has 3 aliphatic heterocycles. The standard InChI is InChI=1S/C30H42ClN5O4S/c1-21-27(10-8-26-9-11-28(40-26)22-4-6-23(31)7-5-22)32-20-33-29(21)30(37)36-18-14-25(15-19-36)35-16-12-24(13-17-35)34(2)41(3,38)39/h4-7,20,24-26,28H,8-19H2,1-3H3. The lowest BCUT2D eigenvalue weighted by atomic mass is 9.97. The summed E-state index contributed by atoms with van der Waals surface area (Å²) in [6, 6.07) is 8.38. The van der Waals surface area contributed by atoms with Crippen molar-refractivity contribution in [1.29, 1.82) is 0 Å². The van der Waals surface area contributed by atoms with Crippen LogP contribution in [0.2, 0.25) is 5.02 Å². The van der Waals surface area contributed by atoms with Gasteiger partial charge in [0, 0.05) is 48.5 Å². The number of amides is 1. The molecule has 1 aromatic heterocycles. The van der Waals surface area contributed by atoms with Crippen molar-refractivity contribution in [2.24, 2.45) is 0 Å². The zero-order valence-electron chi connectivity index (χ0n) is 24.3. The average Bonchev–Trinajstić information content (AvgIpc) is 3.45. The third kappa shape index (κ3) is 7.28. The highest BCUT2D eigenvalue weighted by molar-refractivity contribution is 7.88. The number of sulfonamides is 1. The lowest BCUT2D eigenvalue weighted by molar-refractivity contribution is 0.0401. The molecule has 0 bridgehead atoms. The largest absolute Gasteiger partial charge is 0.370 e. The molecular weight excluding hydrogens is 562 g/mol. The maximum Gasteiger partial charge on any atom is 0.272 e. The molecule has 224 valence electrons. The summed E-state index contributed by atoms with van der Waals surface area (Å²) in [5.41, 5.74) is 3.45. The first kappa shape index (κ1) is 30.4. The number of piperidine rings is 2. The third-order valence-corrected chi connectivity index (χ3v) is 10.8. The van der Waals surface area contributed by atoms with Crippen LogP contribution in [-0.2, 0) is 21.2 Å². The van der Waals surface area contributed by atoms with Gasteiger partial charge in [-0.25, -0.2) is 22.7 Å². The number of halogens is 1. The van der Waals surface area contributed by atoms with Crippen molar-refractivity contribution in [1.82, 2.24) is 24.1 Å². The molecule has 0 radical (unpaired) electrons. The Morgan fingerprint density at radius 2 is 1.71 bits per heavy atom.